The molecule has 2 aliphatic rings. The Morgan fingerprint density at radius 1 is 1.00 bits per heavy atom. The molecule has 3 aromatic rings. The first-order chi connectivity index (χ1) is 20.9. The molecule has 3 aromatic carbocycles. The summed E-state index contributed by atoms with van der Waals surface area (Å²) >= 11 is 1.33. The Balaban J connectivity index is 1.27. The van der Waals surface area contributed by atoms with Crippen molar-refractivity contribution in [3.63, 3.8) is 0 Å². The van der Waals surface area contributed by atoms with E-state index in [2.05, 4.69) is 17.2 Å². The van der Waals surface area contributed by atoms with Gasteiger partial charge in [-0.2, -0.15) is 0 Å². The molecule has 0 aliphatic carbocycles. The van der Waals surface area contributed by atoms with Gasteiger partial charge in [0.15, 0.2) is 12.3 Å². The molecule has 2 atom stereocenters. The van der Waals surface area contributed by atoms with Crippen LogP contribution in [0.25, 0.3) is 0 Å². The van der Waals surface area contributed by atoms with Crippen LogP contribution in [0.15, 0.2) is 96.4 Å². The fourth-order valence-electron chi connectivity index (χ4n) is 4.29. The molecule has 1 fully saturated rings. The van der Waals surface area contributed by atoms with Gasteiger partial charge in [-0.15, -0.1) is 11.8 Å². The smallest absolute Gasteiger partial charge is 0.358 e. The highest BCUT2D eigenvalue weighted by Crippen LogP contribution is 2.41. The number of ether oxygens (including phenoxy) is 3. The first-order valence-electron chi connectivity index (χ1n) is 13.1. The average Bonchev–Trinajstić information content (AvgIpc) is 3.04. The van der Waals surface area contributed by atoms with E-state index in [1.54, 1.807) is 24.3 Å². The minimum atomic E-state index is -0.867. The van der Waals surface area contributed by atoms with Crippen LogP contribution in [-0.4, -0.2) is 58.0 Å². The van der Waals surface area contributed by atoms with Gasteiger partial charge >= 0.3 is 5.97 Å². The fourth-order valence-corrected chi connectivity index (χ4v) is 5.56. The van der Waals surface area contributed by atoms with Crippen LogP contribution in [0.3, 0.4) is 0 Å². The van der Waals surface area contributed by atoms with Gasteiger partial charge in [0.2, 0.25) is 0 Å². The Hall–Kier alpha value is -5.28. The number of esters is 1. The van der Waals surface area contributed by atoms with Crippen LogP contribution in [0.2, 0.25) is 0 Å². The zero-order chi connectivity index (χ0) is 30.2. The highest BCUT2D eigenvalue weighted by molar-refractivity contribution is 8.00. The van der Waals surface area contributed by atoms with E-state index in [0.29, 0.717) is 11.3 Å². The number of nitro groups is 1. The number of rotatable bonds is 10. The van der Waals surface area contributed by atoms with Crippen LogP contribution in [0.4, 0.5) is 5.69 Å². The first-order valence-corrected chi connectivity index (χ1v) is 14.2. The number of non-ortho nitro benzene ring substituents is 1. The third-order valence-corrected chi connectivity index (χ3v) is 7.65. The molecule has 0 unspecified atom stereocenters. The lowest BCUT2D eigenvalue weighted by atomic mass is 10.0. The van der Waals surface area contributed by atoms with Crippen LogP contribution >= 0.6 is 11.8 Å². The number of carbonyl (C=O) groups excluding carboxylic acids is 3. The number of β-lactam (4-membered cyclic amide) rings is 1. The van der Waals surface area contributed by atoms with Gasteiger partial charge in [0.25, 0.3) is 17.5 Å². The third kappa shape index (κ3) is 7.14. The van der Waals surface area contributed by atoms with Gasteiger partial charge in [-0.3, -0.25) is 24.6 Å². The number of thioether (sulfide) groups is 1. The van der Waals surface area contributed by atoms with E-state index in [-0.39, 0.29) is 42.7 Å². The molecule has 43 heavy (non-hydrogen) atoms. The number of nitrogens with zero attached hydrogens (tertiary/aromatic N) is 2. The zero-order valence-corrected chi connectivity index (χ0v) is 23.5. The molecule has 1 saturated heterocycles. The number of hydrogen-bond acceptors (Lipinski definition) is 9. The number of nitro benzene ring substituents is 1. The molecule has 0 saturated carbocycles. The number of fused-ring (bicyclic) bond motifs is 1. The monoisotopic (exact) mass is 599 g/mol. The standard InChI is InChI=1S/C31H25N3O8S/c35-26(19-41-24-11-5-2-6-12-24)32-27-29(36)33-28(31(37)42-18-22-13-15-23(16-14-22)34(38)39)25(20-43-30(27)33)40-17-7-10-21-8-3-1-4-9-21/h1-6,8-9,11-16,27,30H,17-20H2,(H,32,35)/t27-,30+/m1/s1. The van der Waals surface area contributed by atoms with Gasteiger partial charge in [0.1, 0.15) is 36.1 Å². The second kappa shape index (κ2) is 13.6. The molecule has 0 spiro atoms. The Kier molecular flexibility index (Phi) is 9.23. The molecular weight excluding hydrogens is 574 g/mol. The van der Waals surface area contributed by atoms with Gasteiger partial charge < -0.3 is 19.5 Å². The normalized spacial score (nSPS) is 17.0. The Morgan fingerprint density at radius 2 is 1.70 bits per heavy atom. The molecule has 218 valence electrons. The van der Waals surface area contributed by atoms with Crippen molar-refractivity contribution in [2.75, 3.05) is 19.0 Å². The van der Waals surface area contributed by atoms with Crippen molar-refractivity contribution in [1.82, 2.24) is 10.2 Å². The molecule has 2 aliphatic heterocycles. The van der Waals surface area contributed by atoms with Crippen molar-refractivity contribution in [2.24, 2.45) is 0 Å². The first kappa shape index (κ1) is 29.2. The minimum Gasteiger partial charge on any atom is -0.484 e. The summed E-state index contributed by atoms with van der Waals surface area (Å²) in [5, 5.41) is 13.1. The summed E-state index contributed by atoms with van der Waals surface area (Å²) in [5.41, 5.74) is 1.17. The van der Waals surface area contributed by atoms with Crippen molar-refractivity contribution >= 4 is 35.2 Å². The Labute approximate surface area is 250 Å². The molecule has 0 aromatic heterocycles. The van der Waals surface area contributed by atoms with Gasteiger partial charge in [-0.05, 0) is 42.0 Å². The molecule has 0 radical (unpaired) electrons. The zero-order valence-electron chi connectivity index (χ0n) is 22.6. The summed E-state index contributed by atoms with van der Waals surface area (Å²) in [6.07, 6.45) is 0. The Bertz CT molecular complexity index is 1600. The topological polar surface area (TPSA) is 137 Å². The molecular formula is C31H25N3O8S. The van der Waals surface area contributed by atoms with Crippen molar-refractivity contribution in [3.05, 3.63) is 118 Å². The highest BCUT2D eigenvalue weighted by atomic mass is 32.2. The quantitative estimate of drug-likeness (QED) is 0.122. The number of benzene rings is 3. The van der Waals surface area contributed by atoms with Crippen LogP contribution in [0.1, 0.15) is 11.1 Å². The summed E-state index contributed by atoms with van der Waals surface area (Å²) in [4.78, 5) is 50.7. The number of nitrogens with one attached hydrogen (secondary N) is 1. The molecule has 11 nitrogen and oxygen atoms in total. The molecule has 0 bridgehead atoms. The Morgan fingerprint density at radius 3 is 2.40 bits per heavy atom. The largest absolute Gasteiger partial charge is 0.484 e. The fraction of sp³-hybridized carbons (Fsp3) is 0.194. The van der Waals surface area contributed by atoms with Crippen LogP contribution in [0, 0.1) is 22.0 Å². The maximum atomic E-state index is 13.3. The number of para-hydroxylation sites is 1. The predicted molar refractivity (Wildman–Crippen MR) is 156 cm³/mol. The summed E-state index contributed by atoms with van der Waals surface area (Å²) in [6.45, 7) is -0.495. The van der Waals surface area contributed by atoms with Gasteiger partial charge in [-0.1, -0.05) is 48.2 Å². The van der Waals surface area contributed by atoms with E-state index in [0.717, 1.165) is 5.56 Å². The van der Waals surface area contributed by atoms with E-state index in [1.165, 1.54) is 40.9 Å². The second-order valence-electron chi connectivity index (χ2n) is 9.28. The van der Waals surface area contributed by atoms with E-state index >= 15 is 0 Å². The third-order valence-electron chi connectivity index (χ3n) is 6.40. The molecule has 2 heterocycles. The predicted octanol–water partition coefficient (Wildman–Crippen LogP) is 3.40. The maximum absolute atomic E-state index is 13.3. The van der Waals surface area contributed by atoms with E-state index < -0.39 is 34.1 Å². The maximum Gasteiger partial charge on any atom is 0.358 e. The summed E-state index contributed by atoms with van der Waals surface area (Å²) in [7, 11) is 0. The van der Waals surface area contributed by atoms with Crippen LogP contribution < -0.4 is 10.1 Å². The second-order valence-corrected chi connectivity index (χ2v) is 10.4. The van der Waals surface area contributed by atoms with E-state index in [4.69, 9.17) is 14.2 Å². The molecule has 5 rings (SSSR count). The van der Waals surface area contributed by atoms with Gasteiger partial charge in [-0.25, -0.2) is 4.79 Å². The number of amides is 2. The lowest BCUT2D eigenvalue weighted by Gasteiger charge is -2.49. The van der Waals surface area contributed by atoms with Crippen molar-refractivity contribution in [1.29, 1.82) is 0 Å². The van der Waals surface area contributed by atoms with Crippen LogP contribution in [-0.2, 0) is 30.5 Å². The number of hydrogen-bond donors (Lipinski definition) is 1. The van der Waals surface area contributed by atoms with Crippen molar-refractivity contribution in [2.45, 2.75) is 18.0 Å². The molecule has 12 heteroatoms. The SMILES string of the molecule is O=C(COc1ccccc1)N[C@@H]1C(=O)N2C(C(=O)OCc3ccc([N+](=O)[O-])cc3)=C(OCC#Cc3ccccc3)CS[C@@H]12. The summed E-state index contributed by atoms with van der Waals surface area (Å²) in [6, 6.07) is 22.8. The number of carbonyl (C=O) groups is 3. The summed E-state index contributed by atoms with van der Waals surface area (Å²) in [5.74, 6) is 5.07. The minimum absolute atomic E-state index is 0.0341. The van der Waals surface area contributed by atoms with Crippen molar-refractivity contribution < 1.29 is 33.5 Å². The van der Waals surface area contributed by atoms with E-state index in [9.17, 15) is 24.5 Å². The summed E-state index contributed by atoms with van der Waals surface area (Å²) < 4.78 is 16.8. The van der Waals surface area contributed by atoms with Crippen molar-refractivity contribution in [3.8, 4) is 17.6 Å². The van der Waals surface area contributed by atoms with E-state index in [1.807, 2.05) is 36.4 Å². The van der Waals surface area contributed by atoms with Crippen LogP contribution in [0.5, 0.6) is 5.75 Å². The average molecular weight is 600 g/mol. The lowest BCUT2D eigenvalue weighted by Crippen LogP contribution is -2.71. The lowest BCUT2D eigenvalue weighted by molar-refractivity contribution is -0.384. The molecule has 2 amide bonds. The highest BCUT2D eigenvalue weighted by Gasteiger charge is 2.55. The van der Waals surface area contributed by atoms with Gasteiger partial charge in [0, 0.05) is 17.7 Å². The molecule has 1 N–H and O–H groups in total. The van der Waals surface area contributed by atoms with Gasteiger partial charge in [0.05, 0.1) is 10.7 Å².